The summed E-state index contributed by atoms with van der Waals surface area (Å²) in [7, 11) is 4.17. The molecule has 0 aliphatic rings. The average Bonchev–Trinajstić information content (AvgIpc) is 2.82. The molecule has 0 unspecified atom stereocenters. The van der Waals surface area contributed by atoms with Gasteiger partial charge < -0.3 is 14.4 Å². The molecule has 0 fully saturated rings. The number of hydrogen-bond donors (Lipinski definition) is 1. The number of carbonyl (C=O) groups is 1. The number of rotatable bonds is 10. The van der Waals surface area contributed by atoms with Crippen LogP contribution in [0.4, 0.5) is 10.5 Å². The van der Waals surface area contributed by atoms with Crippen LogP contribution in [0.25, 0.3) is 0 Å². The zero-order valence-corrected chi connectivity index (χ0v) is 22.0. The van der Waals surface area contributed by atoms with E-state index in [1.165, 1.54) is 21.9 Å². The molecule has 1 aromatic heterocycles. The summed E-state index contributed by atoms with van der Waals surface area (Å²) >= 11 is 0. The van der Waals surface area contributed by atoms with Gasteiger partial charge in [-0.1, -0.05) is 42.0 Å². The predicted octanol–water partition coefficient (Wildman–Crippen LogP) is 4.63. The molecule has 0 aliphatic carbocycles. The summed E-state index contributed by atoms with van der Waals surface area (Å²) in [5, 5.41) is 6.81. The Morgan fingerprint density at radius 1 is 1.03 bits per heavy atom. The number of nitrogens with one attached hydrogen (secondary N) is 1. The minimum atomic E-state index is -0.500. The van der Waals surface area contributed by atoms with Crippen LogP contribution >= 0.6 is 0 Å². The van der Waals surface area contributed by atoms with Crippen LogP contribution in [0.3, 0.4) is 0 Å². The molecule has 1 heterocycles. The number of nitrogens with zero attached hydrogens (tertiary/aromatic N) is 3. The number of aromatic nitrogens is 2. The zero-order valence-electron chi connectivity index (χ0n) is 22.0. The summed E-state index contributed by atoms with van der Waals surface area (Å²) in [4.78, 5) is 25.3. The van der Waals surface area contributed by atoms with Crippen molar-refractivity contribution in [1.82, 2.24) is 14.7 Å². The van der Waals surface area contributed by atoms with Crippen molar-refractivity contribution in [3.63, 3.8) is 0 Å². The second kappa shape index (κ2) is 15.5. The van der Waals surface area contributed by atoms with Gasteiger partial charge in [0.2, 0.25) is 0 Å². The van der Waals surface area contributed by atoms with Crippen molar-refractivity contribution < 1.29 is 14.3 Å². The lowest BCUT2D eigenvalue weighted by Gasteiger charge is -2.09. The maximum atomic E-state index is 11.7. The van der Waals surface area contributed by atoms with Gasteiger partial charge in [-0.15, -0.1) is 0 Å². The third-order valence-electron chi connectivity index (χ3n) is 5.03. The van der Waals surface area contributed by atoms with Gasteiger partial charge in [0, 0.05) is 18.4 Å². The molecule has 0 radical (unpaired) electrons. The molecule has 2 aromatic carbocycles. The summed E-state index contributed by atoms with van der Waals surface area (Å²) in [6.07, 6.45) is 0.597. The predicted molar refractivity (Wildman–Crippen MR) is 143 cm³/mol. The maximum absolute atomic E-state index is 11.7. The fourth-order valence-electron chi connectivity index (χ4n) is 3.34. The summed E-state index contributed by atoms with van der Waals surface area (Å²) in [6.45, 7) is 9.00. The van der Waals surface area contributed by atoms with Gasteiger partial charge >= 0.3 is 6.09 Å². The maximum Gasteiger partial charge on any atom is 0.411 e. The van der Waals surface area contributed by atoms with E-state index in [1.54, 1.807) is 31.2 Å². The minimum Gasteiger partial charge on any atom is -0.450 e. The van der Waals surface area contributed by atoms with Crippen molar-refractivity contribution in [3.8, 4) is 0 Å². The van der Waals surface area contributed by atoms with Gasteiger partial charge in [-0.05, 0) is 77.2 Å². The Labute approximate surface area is 213 Å². The molecular weight excluding hydrogens is 456 g/mol. The van der Waals surface area contributed by atoms with Gasteiger partial charge in [0.1, 0.15) is 0 Å². The lowest BCUT2D eigenvalue weighted by atomic mass is 10.1. The molecule has 3 aromatic rings. The van der Waals surface area contributed by atoms with E-state index in [-0.39, 0.29) is 5.56 Å². The quantitative estimate of drug-likeness (QED) is 0.414. The van der Waals surface area contributed by atoms with E-state index in [1.807, 2.05) is 13.0 Å². The molecule has 0 saturated carbocycles. The molecule has 0 aliphatic heterocycles. The van der Waals surface area contributed by atoms with Crippen LogP contribution in [0.5, 0.6) is 0 Å². The number of amides is 1. The van der Waals surface area contributed by atoms with Crippen molar-refractivity contribution in [2.75, 3.05) is 39.2 Å². The smallest absolute Gasteiger partial charge is 0.411 e. The number of carbonyl (C=O) groups excluding carboxylic acids is 1. The van der Waals surface area contributed by atoms with Gasteiger partial charge in [0.25, 0.3) is 5.56 Å². The highest BCUT2D eigenvalue weighted by molar-refractivity contribution is 5.84. The highest BCUT2D eigenvalue weighted by Crippen LogP contribution is 2.11. The summed E-state index contributed by atoms with van der Waals surface area (Å²) in [5.74, 6) is 0. The Kier molecular flexibility index (Phi) is 12.4. The first kappa shape index (κ1) is 28.7. The minimum absolute atomic E-state index is 0.163. The van der Waals surface area contributed by atoms with Crippen LogP contribution in [0.2, 0.25) is 0 Å². The van der Waals surface area contributed by atoms with Gasteiger partial charge in [0.05, 0.1) is 25.5 Å². The highest BCUT2D eigenvalue weighted by Gasteiger charge is 2.04. The number of benzene rings is 2. The zero-order chi connectivity index (χ0) is 26.3. The molecule has 1 N–H and O–H groups in total. The van der Waals surface area contributed by atoms with Crippen LogP contribution in [0.1, 0.15) is 35.7 Å². The Balaban J connectivity index is 0.000000269. The van der Waals surface area contributed by atoms with Crippen molar-refractivity contribution in [3.05, 3.63) is 93.4 Å². The molecule has 1 amide bonds. The van der Waals surface area contributed by atoms with E-state index in [9.17, 15) is 9.59 Å². The molecule has 0 spiro atoms. The lowest BCUT2D eigenvalue weighted by molar-refractivity contribution is 0.113. The van der Waals surface area contributed by atoms with Crippen molar-refractivity contribution in [2.24, 2.45) is 0 Å². The first-order valence-corrected chi connectivity index (χ1v) is 12.1. The Bertz CT molecular complexity index is 1140. The second-order valence-electron chi connectivity index (χ2n) is 8.71. The third kappa shape index (κ3) is 11.3. The molecule has 3 rings (SSSR count). The van der Waals surface area contributed by atoms with Crippen LogP contribution < -0.4 is 10.9 Å². The normalized spacial score (nSPS) is 10.5. The SMILES string of the molecule is CCOC(=O)Nc1cccc(Cn2nc(C)ccc2=O)c1.Cc1cccc(COCCCN(C)C)c1. The number of hydrogen-bond acceptors (Lipinski definition) is 6. The average molecular weight is 495 g/mol. The van der Waals surface area contributed by atoms with Crippen molar-refractivity contribution >= 4 is 11.8 Å². The fourth-order valence-corrected chi connectivity index (χ4v) is 3.34. The molecule has 36 heavy (non-hydrogen) atoms. The Hall–Kier alpha value is -3.49. The number of ether oxygens (including phenoxy) is 2. The van der Waals surface area contributed by atoms with E-state index >= 15 is 0 Å². The van der Waals surface area contributed by atoms with E-state index < -0.39 is 6.09 Å². The standard InChI is InChI=1S/C15H17N3O3.C13H21NO/c1-3-21-15(20)16-13-6-4-5-12(9-13)10-18-14(19)8-7-11(2)17-18;1-12-6-4-7-13(10-12)11-15-9-5-8-14(2)3/h4-9H,3,10H2,1-2H3,(H,16,20);4,6-7,10H,5,8-9,11H2,1-3H3. The van der Waals surface area contributed by atoms with Crippen LogP contribution in [-0.4, -0.2) is 54.6 Å². The molecular formula is C28H38N4O4. The van der Waals surface area contributed by atoms with Crippen molar-refractivity contribution in [1.29, 1.82) is 0 Å². The van der Waals surface area contributed by atoms with E-state index in [4.69, 9.17) is 9.47 Å². The monoisotopic (exact) mass is 494 g/mol. The molecule has 194 valence electrons. The third-order valence-corrected chi connectivity index (χ3v) is 5.03. The van der Waals surface area contributed by atoms with Crippen molar-refractivity contribution in [2.45, 2.75) is 40.3 Å². The van der Waals surface area contributed by atoms with E-state index in [2.05, 4.69) is 60.6 Å². The Morgan fingerprint density at radius 3 is 2.50 bits per heavy atom. The van der Waals surface area contributed by atoms with Gasteiger partial charge in [-0.2, -0.15) is 5.10 Å². The second-order valence-corrected chi connectivity index (χ2v) is 8.71. The summed E-state index contributed by atoms with van der Waals surface area (Å²) < 4.78 is 11.8. The Morgan fingerprint density at radius 2 is 1.78 bits per heavy atom. The topological polar surface area (TPSA) is 85.7 Å². The molecule has 0 bridgehead atoms. The number of anilines is 1. The van der Waals surface area contributed by atoms with Gasteiger partial charge in [-0.25, -0.2) is 9.48 Å². The fraction of sp³-hybridized carbons (Fsp3) is 0.393. The van der Waals surface area contributed by atoms with Gasteiger partial charge in [0.15, 0.2) is 0 Å². The van der Waals surface area contributed by atoms with Gasteiger partial charge in [-0.3, -0.25) is 10.1 Å². The summed E-state index contributed by atoms with van der Waals surface area (Å²) in [6, 6.07) is 18.8. The summed E-state index contributed by atoms with van der Waals surface area (Å²) in [5.41, 5.74) is 4.65. The van der Waals surface area contributed by atoms with Crippen LogP contribution in [0.15, 0.2) is 65.5 Å². The van der Waals surface area contributed by atoms with E-state index in [0.717, 1.165) is 37.4 Å². The molecule has 0 atom stereocenters. The number of aryl methyl sites for hydroxylation is 2. The van der Waals surface area contributed by atoms with Crippen LogP contribution in [0, 0.1) is 13.8 Å². The van der Waals surface area contributed by atoms with E-state index in [0.29, 0.717) is 18.8 Å². The first-order chi connectivity index (χ1) is 17.3. The largest absolute Gasteiger partial charge is 0.450 e. The molecule has 0 saturated heterocycles. The van der Waals surface area contributed by atoms with Crippen LogP contribution in [-0.2, 0) is 22.6 Å². The first-order valence-electron chi connectivity index (χ1n) is 12.1. The lowest BCUT2D eigenvalue weighted by Crippen LogP contribution is -2.23. The highest BCUT2D eigenvalue weighted by atomic mass is 16.5. The molecule has 8 heteroatoms. The molecule has 8 nitrogen and oxygen atoms in total.